The number of rotatable bonds is 5. The number of piperazine rings is 1. The number of hydrogen-bond acceptors (Lipinski definition) is 4. The van der Waals surface area contributed by atoms with E-state index >= 15 is 0 Å². The highest BCUT2D eigenvalue weighted by molar-refractivity contribution is 5.82. The second-order valence-electron chi connectivity index (χ2n) is 5.32. The van der Waals surface area contributed by atoms with Gasteiger partial charge in [0.15, 0.2) is 0 Å². The fourth-order valence-corrected chi connectivity index (χ4v) is 2.33. The number of carbonyl (C=O) groups excluding carboxylic acids is 1. The van der Waals surface area contributed by atoms with Crippen LogP contribution in [0.25, 0.3) is 0 Å². The van der Waals surface area contributed by atoms with E-state index in [1.165, 1.54) is 0 Å². The molecule has 3 N–H and O–H groups in total. The largest absolute Gasteiger partial charge is 0.353 e. The van der Waals surface area contributed by atoms with Gasteiger partial charge in [-0.15, -0.1) is 0 Å². The number of likely N-dealkylation sites (N-methyl/N-ethyl adjacent to an activating group) is 1. The van der Waals surface area contributed by atoms with Gasteiger partial charge < -0.3 is 16.0 Å². The molecule has 1 aliphatic rings. The summed E-state index contributed by atoms with van der Waals surface area (Å²) in [5, 5.41) is 2.92. The van der Waals surface area contributed by atoms with Gasteiger partial charge >= 0.3 is 0 Å². The fraction of sp³-hybridized carbons (Fsp3) is 0.533. The molecule has 1 heterocycles. The van der Waals surface area contributed by atoms with Crippen LogP contribution in [0.1, 0.15) is 11.6 Å². The molecule has 1 aromatic carbocycles. The summed E-state index contributed by atoms with van der Waals surface area (Å²) in [4.78, 5) is 16.7. The van der Waals surface area contributed by atoms with Crippen LogP contribution < -0.4 is 11.1 Å². The van der Waals surface area contributed by atoms with Gasteiger partial charge in [0.2, 0.25) is 5.91 Å². The average Bonchev–Trinajstić information content (AvgIpc) is 2.49. The zero-order valence-electron chi connectivity index (χ0n) is 12.1. The maximum absolute atomic E-state index is 12.0. The quantitative estimate of drug-likeness (QED) is 0.798. The Morgan fingerprint density at radius 1 is 1.25 bits per heavy atom. The first-order valence-electron chi connectivity index (χ1n) is 7.16. The molecule has 1 fully saturated rings. The number of nitrogens with one attached hydrogen (secondary N) is 1. The zero-order chi connectivity index (χ0) is 14.4. The maximum atomic E-state index is 12.0. The van der Waals surface area contributed by atoms with Crippen molar-refractivity contribution in [2.24, 2.45) is 5.73 Å². The Morgan fingerprint density at radius 3 is 2.55 bits per heavy atom. The molecular weight excluding hydrogens is 252 g/mol. The lowest BCUT2D eigenvalue weighted by molar-refractivity contribution is -0.122. The second kappa shape index (κ2) is 7.38. The van der Waals surface area contributed by atoms with Crippen LogP contribution >= 0.6 is 0 Å². The molecule has 0 saturated carbocycles. The van der Waals surface area contributed by atoms with Gasteiger partial charge in [0, 0.05) is 39.3 Å². The smallest absolute Gasteiger partial charge is 0.241 e. The Labute approximate surface area is 120 Å². The van der Waals surface area contributed by atoms with Crippen LogP contribution in [-0.4, -0.2) is 62.0 Å². The van der Waals surface area contributed by atoms with Crippen LogP contribution in [-0.2, 0) is 4.79 Å². The summed E-state index contributed by atoms with van der Waals surface area (Å²) in [5.41, 5.74) is 6.80. The summed E-state index contributed by atoms with van der Waals surface area (Å²) in [6.07, 6.45) is 0. The Balaban J connectivity index is 1.70. The van der Waals surface area contributed by atoms with Crippen molar-refractivity contribution in [3.05, 3.63) is 35.9 Å². The molecule has 0 radical (unpaired) electrons. The minimum absolute atomic E-state index is 0.106. The van der Waals surface area contributed by atoms with Gasteiger partial charge in [0.05, 0.1) is 0 Å². The predicted octanol–water partition coefficient (Wildman–Crippen LogP) is 0.0500. The normalized spacial score (nSPS) is 18.7. The first kappa shape index (κ1) is 15.0. The first-order valence-corrected chi connectivity index (χ1v) is 7.16. The molecular formula is C15H24N4O. The number of nitrogens with zero attached hydrogens (tertiary/aromatic N) is 2. The van der Waals surface area contributed by atoms with Crippen molar-refractivity contribution in [1.82, 2.24) is 15.1 Å². The Bertz CT molecular complexity index is 415. The molecule has 1 aromatic rings. The lowest BCUT2D eigenvalue weighted by atomic mass is 10.1. The van der Waals surface area contributed by atoms with Crippen LogP contribution in [0.2, 0.25) is 0 Å². The Hall–Kier alpha value is -1.43. The first-order chi connectivity index (χ1) is 9.66. The van der Waals surface area contributed by atoms with Crippen LogP contribution in [0, 0.1) is 0 Å². The van der Waals surface area contributed by atoms with Crippen LogP contribution in [0.15, 0.2) is 30.3 Å². The van der Waals surface area contributed by atoms with Gasteiger partial charge in [0.25, 0.3) is 0 Å². The monoisotopic (exact) mass is 276 g/mol. The highest BCUT2D eigenvalue weighted by atomic mass is 16.2. The van der Waals surface area contributed by atoms with Gasteiger partial charge in [-0.1, -0.05) is 30.3 Å². The Morgan fingerprint density at radius 2 is 1.90 bits per heavy atom. The molecule has 0 aliphatic carbocycles. The van der Waals surface area contributed by atoms with E-state index in [4.69, 9.17) is 5.73 Å². The molecule has 1 saturated heterocycles. The molecule has 2 rings (SSSR count). The Kier molecular flexibility index (Phi) is 5.52. The minimum Gasteiger partial charge on any atom is -0.353 e. The molecule has 110 valence electrons. The molecule has 5 heteroatoms. The van der Waals surface area contributed by atoms with E-state index in [0.29, 0.717) is 6.54 Å². The predicted molar refractivity (Wildman–Crippen MR) is 80.3 cm³/mol. The van der Waals surface area contributed by atoms with E-state index in [2.05, 4.69) is 22.2 Å². The summed E-state index contributed by atoms with van der Waals surface area (Å²) >= 11 is 0. The number of amides is 1. The van der Waals surface area contributed by atoms with Crippen molar-refractivity contribution in [3.63, 3.8) is 0 Å². The zero-order valence-corrected chi connectivity index (χ0v) is 12.1. The van der Waals surface area contributed by atoms with Crippen molar-refractivity contribution in [2.45, 2.75) is 6.04 Å². The summed E-state index contributed by atoms with van der Waals surface area (Å²) in [6, 6.07) is 8.89. The van der Waals surface area contributed by atoms with E-state index in [-0.39, 0.29) is 5.91 Å². The van der Waals surface area contributed by atoms with E-state index in [0.717, 1.165) is 38.3 Å². The molecule has 1 unspecified atom stereocenters. The number of nitrogens with two attached hydrogens (primary N) is 1. The summed E-state index contributed by atoms with van der Waals surface area (Å²) in [6.45, 7) is 5.87. The van der Waals surface area contributed by atoms with E-state index in [9.17, 15) is 4.79 Å². The van der Waals surface area contributed by atoms with Gasteiger partial charge in [-0.25, -0.2) is 0 Å². The standard InChI is InChI=1S/C15H24N4O/c1-18-9-11-19(12-10-18)8-7-17-15(20)14(16)13-5-3-2-4-6-13/h2-6,14H,7-12,16H2,1H3,(H,17,20). The van der Waals surface area contributed by atoms with Crippen LogP contribution in [0.3, 0.4) is 0 Å². The van der Waals surface area contributed by atoms with E-state index in [1.54, 1.807) is 0 Å². The van der Waals surface area contributed by atoms with E-state index < -0.39 is 6.04 Å². The molecule has 1 amide bonds. The molecule has 0 spiro atoms. The van der Waals surface area contributed by atoms with Crippen molar-refractivity contribution in [1.29, 1.82) is 0 Å². The minimum atomic E-state index is -0.580. The van der Waals surface area contributed by atoms with Crippen molar-refractivity contribution >= 4 is 5.91 Å². The van der Waals surface area contributed by atoms with Gasteiger partial charge in [-0.2, -0.15) is 0 Å². The summed E-state index contributed by atoms with van der Waals surface area (Å²) < 4.78 is 0. The highest BCUT2D eigenvalue weighted by Gasteiger charge is 2.16. The highest BCUT2D eigenvalue weighted by Crippen LogP contribution is 2.08. The van der Waals surface area contributed by atoms with Gasteiger partial charge in [-0.05, 0) is 12.6 Å². The van der Waals surface area contributed by atoms with Crippen molar-refractivity contribution in [3.8, 4) is 0 Å². The molecule has 0 aromatic heterocycles. The van der Waals surface area contributed by atoms with Crippen LogP contribution in [0.4, 0.5) is 0 Å². The average molecular weight is 276 g/mol. The van der Waals surface area contributed by atoms with Crippen molar-refractivity contribution < 1.29 is 4.79 Å². The topological polar surface area (TPSA) is 61.6 Å². The second-order valence-corrected chi connectivity index (χ2v) is 5.32. The third kappa shape index (κ3) is 4.30. The van der Waals surface area contributed by atoms with Gasteiger partial charge in [0.1, 0.15) is 6.04 Å². The van der Waals surface area contributed by atoms with E-state index in [1.807, 2.05) is 30.3 Å². The molecule has 20 heavy (non-hydrogen) atoms. The summed E-state index contributed by atoms with van der Waals surface area (Å²) in [5.74, 6) is -0.106. The molecule has 5 nitrogen and oxygen atoms in total. The number of hydrogen-bond donors (Lipinski definition) is 2. The summed E-state index contributed by atoms with van der Waals surface area (Å²) in [7, 11) is 2.14. The SMILES string of the molecule is CN1CCN(CCNC(=O)C(N)c2ccccc2)CC1. The molecule has 0 bridgehead atoms. The molecule has 1 aliphatic heterocycles. The number of carbonyl (C=O) groups is 1. The van der Waals surface area contributed by atoms with Crippen LogP contribution in [0.5, 0.6) is 0 Å². The fourth-order valence-electron chi connectivity index (χ4n) is 2.33. The number of benzene rings is 1. The maximum Gasteiger partial charge on any atom is 0.241 e. The van der Waals surface area contributed by atoms with Gasteiger partial charge in [-0.3, -0.25) is 9.69 Å². The molecule has 1 atom stereocenters. The lowest BCUT2D eigenvalue weighted by Gasteiger charge is -2.32. The van der Waals surface area contributed by atoms with Crippen molar-refractivity contribution in [2.75, 3.05) is 46.3 Å². The third-order valence-corrected chi connectivity index (χ3v) is 3.76. The third-order valence-electron chi connectivity index (χ3n) is 3.76. The lowest BCUT2D eigenvalue weighted by Crippen LogP contribution is -2.47.